The second-order valence-corrected chi connectivity index (χ2v) is 7.26. The van der Waals surface area contributed by atoms with E-state index < -0.39 is 6.10 Å². The van der Waals surface area contributed by atoms with Gasteiger partial charge in [-0.3, -0.25) is 4.90 Å². The lowest BCUT2D eigenvalue weighted by atomic mass is 9.97. The fourth-order valence-corrected chi connectivity index (χ4v) is 3.54. The number of rotatable bonds is 8. The van der Waals surface area contributed by atoms with Crippen molar-refractivity contribution >= 4 is 0 Å². The normalized spacial score (nSPS) is 21.8. The summed E-state index contributed by atoms with van der Waals surface area (Å²) in [5.74, 6) is 2.16. The van der Waals surface area contributed by atoms with Crippen molar-refractivity contribution in [2.45, 2.75) is 64.8 Å². The number of aromatic nitrogens is 2. The Labute approximate surface area is 160 Å². The van der Waals surface area contributed by atoms with Crippen molar-refractivity contribution in [1.82, 2.24) is 15.0 Å². The van der Waals surface area contributed by atoms with Gasteiger partial charge in [0.05, 0.1) is 0 Å². The molecule has 3 rings (SSSR count). The molecule has 0 amide bonds. The first-order valence-electron chi connectivity index (χ1n) is 9.60. The highest BCUT2D eigenvalue weighted by molar-refractivity contribution is 5.39. The van der Waals surface area contributed by atoms with Crippen LogP contribution in [-0.2, 0) is 6.61 Å². The van der Waals surface area contributed by atoms with Crippen molar-refractivity contribution in [3.05, 3.63) is 36.0 Å². The van der Waals surface area contributed by atoms with Gasteiger partial charge >= 0.3 is 0 Å². The van der Waals surface area contributed by atoms with Gasteiger partial charge in [-0.1, -0.05) is 23.7 Å². The summed E-state index contributed by atoms with van der Waals surface area (Å²) < 4.78 is 16.6. The molecule has 0 aliphatic carbocycles. The van der Waals surface area contributed by atoms with Gasteiger partial charge in [-0.05, 0) is 45.7 Å². The molecule has 1 aliphatic rings. The van der Waals surface area contributed by atoms with Gasteiger partial charge in [0.2, 0.25) is 0 Å². The highest BCUT2D eigenvalue weighted by Crippen LogP contribution is 2.28. The molecule has 1 saturated heterocycles. The van der Waals surface area contributed by atoms with Crippen molar-refractivity contribution in [2.24, 2.45) is 0 Å². The van der Waals surface area contributed by atoms with E-state index in [4.69, 9.17) is 14.0 Å². The summed E-state index contributed by atoms with van der Waals surface area (Å²) in [5.41, 5.74) is 0. The zero-order valence-corrected chi connectivity index (χ0v) is 16.3. The van der Waals surface area contributed by atoms with E-state index in [2.05, 4.69) is 28.9 Å². The van der Waals surface area contributed by atoms with Gasteiger partial charge in [0.25, 0.3) is 5.89 Å². The Morgan fingerprint density at radius 1 is 1.19 bits per heavy atom. The van der Waals surface area contributed by atoms with Crippen LogP contribution in [0.25, 0.3) is 0 Å². The molecule has 148 valence electrons. The lowest BCUT2D eigenvalue weighted by Gasteiger charge is -2.40. The van der Waals surface area contributed by atoms with Crippen LogP contribution in [0.5, 0.6) is 11.5 Å². The number of benzene rings is 1. The third-order valence-corrected chi connectivity index (χ3v) is 5.00. The molecule has 1 aliphatic heterocycles. The first kappa shape index (κ1) is 19.6. The number of nitrogens with zero attached hydrogens (tertiary/aromatic N) is 3. The Bertz CT molecular complexity index is 711. The van der Waals surface area contributed by atoms with Crippen LogP contribution < -0.4 is 9.47 Å². The molecule has 1 aromatic carbocycles. The zero-order valence-electron chi connectivity index (χ0n) is 16.3. The van der Waals surface area contributed by atoms with Gasteiger partial charge in [0, 0.05) is 18.6 Å². The summed E-state index contributed by atoms with van der Waals surface area (Å²) >= 11 is 0. The second-order valence-electron chi connectivity index (χ2n) is 7.26. The van der Waals surface area contributed by atoms with E-state index in [1.54, 1.807) is 6.92 Å². The Morgan fingerprint density at radius 3 is 2.48 bits per heavy atom. The molecule has 7 nitrogen and oxygen atoms in total. The van der Waals surface area contributed by atoms with Gasteiger partial charge in [-0.25, -0.2) is 0 Å². The van der Waals surface area contributed by atoms with Gasteiger partial charge < -0.3 is 19.1 Å². The molecule has 27 heavy (non-hydrogen) atoms. The number of β-amino-alcohol motifs (C(OH)–C–C–N with tert-alkyl or cyclic N) is 1. The van der Waals surface area contributed by atoms with Crippen molar-refractivity contribution in [1.29, 1.82) is 0 Å². The van der Waals surface area contributed by atoms with E-state index in [9.17, 15) is 5.11 Å². The van der Waals surface area contributed by atoms with E-state index in [0.29, 0.717) is 41.8 Å². The van der Waals surface area contributed by atoms with Crippen molar-refractivity contribution in [3.8, 4) is 11.5 Å². The lowest BCUT2D eigenvalue weighted by Crippen LogP contribution is -2.48. The Kier molecular flexibility index (Phi) is 6.68. The van der Waals surface area contributed by atoms with Gasteiger partial charge in [0.15, 0.2) is 23.9 Å². The number of aliphatic hydroxyl groups excluding tert-OH is 1. The summed E-state index contributed by atoms with van der Waals surface area (Å²) in [6, 6.07) is 8.39. The molecule has 0 saturated carbocycles. The van der Waals surface area contributed by atoms with E-state index in [1.165, 1.54) is 19.3 Å². The van der Waals surface area contributed by atoms with Crippen molar-refractivity contribution in [2.75, 3.05) is 13.2 Å². The standard InChI is InChI=1S/C20H29N3O4/c1-14-7-6-8-15(2)23(14)11-17(24)12-25-18-9-4-5-10-19(18)26-13-20-21-16(3)22-27-20/h4-5,9-10,14-15,17,24H,6-8,11-13H2,1-3H3/t14-,15-,17+/m0/s1. The molecule has 0 spiro atoms. The van der Waals surface area contributed by atoms with Crippen molar-refractivity contribution < 1.29 is 19.1 Å². The average molecular weight is 375 g/mol. The van der Waals surface area contributed by atoms with Crippen molar-refractivity contribution in [3.63, 3.8) is 0 Å². The fourth-order valence-electron chi connectivity index (χ4n) is 3.54. The third-order valence-electron chi connectivity index (χ3n) is 5.00. The molecule has 0 radical (unpaired) electrons. The van der Waals surface area contributed by atoms with Gasteiger partial charge in [0.1, 0.15) is 12.7 Å². The number of aliphatic hydroxyl groups is 1. The van der Waals surface area contributed by atoms with E-state index in [-0.39, 0.29) is 13.2 Å². The minimum atomic E-state index is -0.556. The highest BCUT2D eigenvalue weighted by atomic mass is 16.5. The molecule has 2 heterocycles. The van der Waals surface area contributed by atoms with Crippen LogP contribution >= 0.6 is 0 Å². The number of hydrogen-bond donors (Lipinski definition) is 1. The zero-order chi connectivity index (χ0) is 19.2. The first-order valence-corrected chi connectivity index (χ1v) is 9.60. The van der Waals surface area contributed by atoms with Gasteiger partial charge in [-0.15, -0.1) is 0 Å². The van der Waals surface area contributed by atoms with Crippen LogP contribution in [0.3, 0.4) is 0 Å². The molecule has 0 unspecified atom stereocenters. The Morgan fingerprint density at radius 2 is 1.85 bits per heavy atom. The minimum absolute atomic E-state index is 0.173. The molecule has 1 N–H and O–H groups in total. The van der Waals surface area contributed by atoms with E-state index >= 15 is 0 Å². The van der Waals surface area contributed by atoms with Crippen LogP contribution in [0.1, 0.15) is 44.8 Å². The lowest BCUT2D eigenvalue weighted by molar-refractivity contribution is 0.0202. The van der Waals surface area contributed by atoms with Crippen LogP contribution in [-0.4, -0.2) is 51.5 Å². The van der Waals surface area contributed by atoms with Gasteiger partial charge in [-0.2, -0.15) is 4.98 Å². The van der Waals surface area contributed by atoms with Crippen LogP contribution in [0, 0.1) is 6.92 Å². The highest BCUT2D eigenvalue weighted by Gasteiger charge is 2.26. The number of hydrogen-bond acceptors (Lipinski definition) is 7. The van der Waals surface area contributed by atoms with E-state index in [1.807, 2.05) is 24.3 Å². The monoisotopic (exact) mass is 375 g/mol. The Balaban J connectivity index is 1.52. The van der Waals surface area contributed by atoms with Crippen LogP contribution in [0.15, 0.2) is 28.8 Å². The summed E-state index contributed by atoms with van der Waals surface area (Å²) in [7, 11) is 0. The molecule has 2 aromatic rings. The number of aryl methyl sites for hydroxylation is 1. The summed E-state index contributed by atoms with van der Waals surface area (Å²) in [6.45, 7) is 7.22. The van der Waals surface area contributed by atoms with E-state index in [0.717, 1.165) is 0 Å². The molecule has 1 fully saturated rings. The topological polar surface area (TPSA) is 80.9 Å². The number of likely N-dealkylation sites (tertiary alicyclic amines) is 1. The maximum atomic E-state index is 10.5. The maximum Gasteiger partial charge on any atom is 0.264 e. The molecular formula is C20H29N3O4. The molecule has 0 bridgehead atoms. The molecular weight excluding hydrogens is 346 g/mol. The number of para-hydroxylation sites is 2. The second kappa shape index (κ2) is 9.19. The predicted molar refractivity (Wildman–Crippen MR) is 101 cm³/mol. The minimum Gasteiger partial charge on any atom is -0.487 e. The Hall–Kier alpha value is -2.12. The molecule has 7 heteroatoms. The smallest absolute Gasteiger partial charge is 0.264 e. The quantitative estimate of drug-likeness (QED) is 0.760. The maximum absolute atomic E-state index is 10.5. The molecule has 3 atom stereocenters. The van der Waals surface area contributed by atoms with Crippen LogP contribution in [0.2, 0.25) is 0 Å². The average Bonchev–Trinajstić information content (AvgIpc) is 3.07. The predicted octanol–water partition coefficient (Wildman–Crippen LogP) is 2.96. The number of piperidine rings is 1. The SMILES string of the molecule is Cc1noc(COc2ccccc2OC[C@H](O)CN2[C@@H](C)CCC[C@@H]2C)n1. The summed E-state index contributed by atoms with van der Waals surface area (Å²) in [6.07, 6.45) is 3.07. The fraction of sp³-hybridized carbons (Fsp3) is 0.600. The largest absolute Gasteiger partial charge is 0.487 e. The summed E-state index contributed by atoms with van der Waals surface area (Å²) in [5, 5.41) is 14.2. The summed E-state index contributed by atoms with van der Waals surface area (Å²) in [4.78, 5) is 6.49. The first-order chi connectivity index (χ1) is 13.0. The third kappa shape index (κ3) is 5.43. The molecule has 1 aromatic heterocycles. The number of ether oxygens (including phenoxy) is 2. The van der Waals surface area contributed by atoms with Crippen LogP contribution in [0.4, 0.5) is 0 Å².